The number of anilines is 1. The van der Waals surface area contributed by atoms with E-state index in [1.54, 1.807) is 19.1 Å². The molecule has 1 unspecified atom stereocenters. The molecule has 6 heteroatoms. The first-order valence-electron chi connectivity index (χ1n) is 6.10. The molecule has 5 nitrogen and oxygen atoms in total. The van der Waals surface area contributed by atoms with Crippen molar-refractivity contribution in [3.8, 4) is 5.88 Å². The number of aromatic nitrogens is 2. The SMILES string of the molecule is CC(Br)C(=O)Nc1ccc(OC2CCCC2)nn1. The fourth-order valence-electron chi connectivity index (χ4n) is 1.85. The van der Waals surface area contributed by atoms with Gasteiger partial charge in [0.25, 0.3) is 0 Å². The molecule has 2 rings (SSSR count). The van der Waals surface area contributed by atoms with Gasteiger partial charge in [-0.15, -0.1) is 10.2 Å². The van der Waals surface area contributed by atoms with Gasteiger partial charge in [-0.25, -0.2) is 0 Å². The lowest BCUT2D eigenvalue weighted by atomic mass is 10.3. The van der Waals surface area contributed by atoms with Gasteiger partial charge in [-0.1, -0.05) is 15.9 Å². The smallest absolute Gasteiger partial charge is 0.239 e. The standard InChI is InChI=1S/C12H16BrN3O2/c1-8(13)12(17)14-10-6-7-11(16-15-10)18-9-4-2-3-5-9/h6-9H,2-5H2,1H3,(H,14,15,17). The van der Waals surface area contributed by atoms with E-state index in [2.05, 4.69) is 31.4 Å². The van der Waals surface area contributed by atoms with Gasteiger partial charge in [0, 0.05) is 6.07 Å². The zero-order chi connectivity index (χ0) is 13.0. The third kappa shape index (κ3) is 3.66. The molecule has 0 radical (unpaired) electrons. The van der Waals surface area contributed by atoms with Crippen molar-refractivity contribution >= 4 is 27.7 Å². The van der Waals surface area contributed by atoms with Gasteiger partial charge in [0.2, 0.25) is 11.8 Å². The van der Waals surface area contributed by atoms with E-state index in [0.717, 1.165) is 12.8 Å². The lowest BCUT2D eigenvalue weighted by molar-refractivity contribution is -0.115. The number of nitrogens with zero attached hydrogens (tertiary/aromatic N) is 2. The average Bonchev–Trinajstić information content (AvgIpc) is 2.84. The van der Waals surface area contributed by atoms with Gasteiger partial charge in [-0.05, 0) is 38.7 Å². The van der Waals surface area contributed by atoms with E-state index in [0.29, 0.717) is 11.7 Å². The summed E-state index contributed by atoms with van der Waals surface area (Å²) in [5.41, 5.74) is 0. The van der Waals surface area contributed by atoms with Crippen LogP contribution in [0.1, 0.15) is 32.6 Å². The molecule has 0 aliphatic heterocycles. The van der Waals surface area contributed by atoms with Crippen LogP contribution >= 0.6 is 15.9 Å². The van der Waals surface area contributed by atoms with Crippen LogP contribution in [0, 0.1) is 0 Å². The number of carbonyl (C=O) groups excluding carboxylic acids is 1. The summed E-state index contributed by atoms with van der Waals surface area (Å²) in [7, 11) is 0. The fraction of sp³-hybridized carbons (Fsp3) is 0.583. The van der Waals surface area contributed by atoms with Crippen LogP contribution in [0.2, 0.25) is 0 Å². The molecule has 18 heavy (non-hydrogen) atoms. The normalized spacial score (nSPS) is 17.4. The Balaban J connectivity index is 1.90. The van der Waals surface area contributed by atoms with Crippen molar-refractivity contribution in [1.82, 2.24) is 10.2 Å². The quantitative estimate of drug-likeness (QED) is 0.867. The Morgan fingerprint density at radius 1 is 1.44 bits per heavy atom. The van der Waals surface area contributed by atoms with E-state index in [4.69, 9.17) is 4.74 Å². The van der Waals surface area contributed by atoms with Crippen molar-refractivity contribution in [2.24, 2.45) is 0 Å². The minimum Gasteiger partial charge on any atom is -0.473 e. The summed E-state index contributed by atoms with van der Waals surface area (Å²) in [4.78, 5) is 11.2. The predicted octanol–water partition coefficient (Wildman–Crippen LogP) is 2.52. The number of nitrogens with one attached hydrogen (secondary N) is 1. The monoisotopic (exact) mass is 313 g/mol. The molecule has 1 aromatic rings. The molecule has 1 aromatic heterocycles. The second-order valence-corrected chi connectivity index (χ2v) is 5.76. The van der Waals surface area contributed by atoms with Gasteiger partial charge in [-0.2, -0.15) is 0 Å². The molecule has 0 aromatic carbocycles. The van der Waals surface area contributed by atoms with Crippen LogP contribution in [-0.4, -0.2) is 27.0 Å². The first-order valence-corrected chi connectivity index (χ1v) is 7.02. The van der Waals surface area contributed by atoms with Crippen LogP contribution in [-0.2, 0) is 4.79 Å². The van der Waals surface area contributed by atoms with Crippen LogP contribution in [0.3, 0.4) is 0 Å². The Morgan fingerprint density at radius 3 is 2.72 bits per heavy atom. The molecule has 1 atom stereocenters. The Hall–Kier alpha value is -1.17. The van der Waals surface area contributed by atoms with E-state index in [1.165, 1.54) is 12.8 Å². The summed E-state index contributed by atoms with van der Waals surface area (Å²) in [6.07, 6.45) is 4.87. The summed E-state index contributed by atoms with van der Waals surface area (Å²) in [6.45, 7) is 1.75. The number of amides is 1. The maximum absolute atomic E-state index is 11.4. The number of hydrogen-bond acceptors (Lipinski definition) is 4. The number of rotatable bonds is 4. The molecule has 98 valence electrons. The molecule has 1 heterocycles. The van der Waals surface area contributed by atoms with Crippen molar-refractivity contribution in [3.05, 3.63) is 12.1 Å². The fourth-order valence-corrected chi connectivity index (χ4v) is 1.97. The number of carbonyl (C=O) groups is 1. The third-order valence-corrected chi connectivity index (χ3v) is 3.26. The first kappa shape index (κ1) is 13.3. The summed E-state index contributed by atoms with van der Waals surface area (Å²) in [5, 5.41) is 10.5. The lowest BCUT2D eigenvalue weighted by Crippen LogP contribution is -2.21. The van der Waals surface area contributed by atoms with Crippen LogP contribution in [0.25, 0.3) is 0 Å². The summed E-state index contributed by atoms with van der Waals surface area (Å²) in [6, 6.07) is 3.43. The highest BCUT2D eigenvalue weighted by Crippen LogP contribution is 2.22. The van der Waals surface area contributed by atoms with Gasteiger partial charge in [0.15, 0.2) is 5.82 Å². The summed E-state index contributed by atoms with van der Waals surface area (Å²) < 4.78 is 5.69. The minimum absolute atomic E-state index is 0.145. The highest BCUT2D eigenvalue weighted by Gasteiger charge is 2.17. The molecular weight excluding hydrogens is 298 g/mol. The molecule has 1 saturated carbocycles. The second kappa shape index (κ2) is 6.13. The van der Waals surface area contributed by atoms with E-state index in [9.17, 15) is 4.79 Å². The zero-order valence-corrected chi connectivity index (χ0v) is 11.8. The van der Waals surface area contributed by atoms with Gasteiger partial charge in [0.05, 0.1) is 4.83 Å². The van der Waals surface area contributed by atoms with Crippen molar-refractivity contribution in [2.75, 3.05) is 5.32 Å². The third-order valence-electron chi connectivity index (χ3n) is 2.84. The molecule has 0 bridgehead atoms. The van der Waals surface area contributed by atoms with E-state index in [1.807, 2.05) is 0 Å². The molecule has 1 N–H and O–H groups in total. The molecule has 1 amide bonds. The Labute approximate surface area is 114 Å². The summed E-state index contributed by atoms with van der Waals surface area (Å²) in [5.74, 6) is 0.811. The minimum atomic E-state index is -0.256. The molecule has 1 fully saturated rings. The molecular formula is C12H16BrN3O2. The summed E-state index contributed by atoms with van der Waals surface area (Å²) >= 11 is 3.19. The number of halogens is 1. The van der Waals surface area contributed by atoms with E-state index < -0.39 is 0 Å². The Bertz CT molecular complexity index is 402. The van der Waals surface area contributed by atoms with Crippen molar-refractivity contribution < 1.29 is 9.53 Å². The van der Waals surface area contributed by atoms with Crippen LogP contribution in [0.4, 0.5) is 5.82 Å². The Kier molecular flexibility index (Phi) is 4.52. The largest absolute Gasteiger partial charge is 0.473 e. The second-order valence-electron chi connectivity index (χ2n) is 4.39. The van der Waals surface area contributed by atoms with E-state index >= 15 is 0 Å². The maximum Gasteiger partial charge on any atom is 0.239 e. The Morgan fingerprint density at radius 2 is 2.17 bits per heavy atom. The topological polar surface area (TPSA) is 64.1 Å². The van der Waals surface area contributed by atoms with Gasteiger partial charge in [0.1, 0.15) is 6.10 Å². The van der Waals surface area contributed by atoms with Crippen molar-refractivity contribution in [3.63, 3.8) is 0 Å². The average molecular weight is 314 g/mol. The van der Waals surface area contributed by atoms with Gasteiger partial charge >= 0.3 is 0 Å². The predicted molar refractivity (Wildman–Crippen MR) is 71.9 cm³/mol. The van der Waals surface area contributed by atoms with Gasteiger partial charge < -0.3 is 10.1 Å². The molecule has 0 spiro atoms. The number of hydrogen-bond donors (Lipinski definition) is 1. The molecule has 1 aliphatic rings. The highest BCUT2D eigenvalue weighted by atomic mass is 79.9. The van der Waals surface area contributed by atoms with Crippen molar-refractivity contribution in [1.29, 1.82) is 0 Å². The number of alkyl halides is 1. The number of ether oxygens (including phenoxy) is 1. The zero-order valence-electron chi connectivity index (χ0n) is 10.2. The molecule has 0 saturated heterocycles. The first-order chi connectivity index (χ1) is 8.65. The molecule has 1 aliphatic carbocycles. The van der Waals surface area contributed by atoms with Crippen LogP contribution in [0.15, 0.2) is 12.1 Å². The van der Waals surface area contributed by atoms with Crippen LogP contribution in [0.5, 0.6) is 5.88 Å². The lowest BCUT2D eigenvalue weighted by Gasteiger charge is -2.11. The highest BCUT2D eigenvalue weighted by molar-refractivity contribution is 9.10. The van der Waals surface area contributed by atoms with Crippen molar-refractivity contribution in [2.45, 2.75) is 43.5 Å². The van der Waals surface area contributed by atoms with E-state index in [-0.39, 0.29) is 16.8 Å². The maximum atomic E-state index is 11.4. The van der Waals surface area contributed by atoms with Crippen LogP contribution < -0.4 is 10.1 Å². The van der Waals surface area contributed by atoms with Gasteiger partial charge in [-0.3, -0.25) is 4.79 Å².